The van der Waals surface area contributed by atoms with Crippen molar-refractivity contribution in [2.24, 2.45) is 5.10 Å². The van der Waals surface area contributed by atoms with Crippen LogP contribution in [0.25, 0.3) is 0 Å². The van der Waals surface area contributed by atoms with Gasteiger partial charge in [-0.15, -0.1) is 0 Å². The van der Waals surface area contributed by atoms with Gasteiger partial charge in [0.1, 0.15) is 5.71 Å². The van der Waals surface area contributed by atoms with E-state index in [1.807, 2.05) is 6.92 Å². The topological polar surface area (TPSA) is 95.9 Å². The van der Waals surface area contributed by atoms with Gasteiger partial charge in [-0.2, -0.15) is 5.10 Å². The molecule has 1 N–H and O–H groups in total. The summed E-state index contributed by atoms with van der Waals surface area (Å²) in [5.41, 5.74) is 1.64. The summed E-state index contributed by atoms with van der Waals surface area (Å²) in [7, 11) is -3.14. The number of hydrogen-bond donors (Lipinski definition) is 1. The van der Waals surface area contributed by atoms with E-state index in [-0.39, 0.29) is 36.0 Å². The van der Waals surface area contributed by atoms with Gasteiger partial charge in [-0.3, -0.25) is 9.59 Å². The first-order valence-corrected chi connectivity index (χ1v) is 10.1. The first-order chi connectivity index (χ1) is 11.7. The first-order valence-electron chi connectivity index (χ1n) is 7.92. The van der Waals surface area contributed by atoms with E-state index >= 15 is 0 Å². The molecular formula is C16H18ClN3O4S. The van der Waals surface area contributed by atoms with Crippen molar-refractivity contribution in [2.45, 2.75) is 32.2 Å². The van der Waals surface area contributed by atoms with Crippen molar-refractivity contribution in [2.75, 3.05) is 16.8 Å². The van der Waals surface area contributed by atoms with Crippen molar-refractivity contribution >= 4 is 44.7 Å². The Balaban J connectivity index is 1.79. The molecule has 9 heteroatoms. The number of aryl methyl sites for hydroxylation is 1. The smallest absolute Gasteiger partial charge is 0.271 e. The van der Waals surface area contributed by atoms with Gasteiger partial charge in [-0.05, 0) is 31.0 Å². The number of anilines is 1. The SMILES string of the molecule is Cc1ccc(Cl)cc1NC(=O)C1=NN([C@@H]2CCS(=O)(=O)C2)C(=O)CC1. The molecule has 2 heterocycles. The van der Waals surface area contributed by atoms with Crippen LogP contribution in [0, 0.1) is 6.92 Å². The number of amides is 2. The molecule has 2 aliphatic rings. The lowest BCUT2D eigenvalue weighted by atomic mass is 10.1. The third-order valence-corrected chi connectivity index (χ3v) is 6.31. The molecular weight excluding hydrogens is 366 g/mol. The normalized spacial score (nSPS) is 22.6. The maximum absolute atomic E-state index is 12.5. The summed E-state index contributed by atoms with van der Waals surface area (Å²) in [5, 5.41) is 8.58. The fraction of sp³-hybridized carbons (Fsp3) is 0.438. The summed E-state index contributed by atoms with van der Waals surface area (Å²) in [4.78, 5) is 24.6. The number of halogens is 1. The minimum Gasteiger partial charge on any atom is -0.321 e. The zero-order valence-corrected chi connectivity index (χ0v) is 15.2. The van der Waals surface area contributed by atoms with Gasteiger partial charge >= 0.3 is 0 Å². The first kappa shape index (κ1) is 17.9. The van der Waals surface area contributed by atoms with Crippen LogP contribution in [0.2, 0.25) is 5.02 Å². The molecule has 0 spiro atoms. The van der Waals surface area contributed by atoms with E-state index in [4.69, 9.17) is 11.6 Å². The Labute approximate surface area is 150 Å². The molecule has 1 saturated heterocycles. The molecule has 1 aromatic carbocycles. The van der Waals surface area contributed by atoms with E-state index in [9.17, 15) is 18.0 Å². The fourth-order valence-electron chi connectivity index (χ4n) is 2.91. The zero-order chi connectivity index (χ0) is 18.2. The average Bonchev–Trinajstić information content (AvgIpc) is 2.91. The summed E-state index contributed by atoms with van der Waals surface area (Å²) < 4.78 is 23.3. The zero-order valence-electron chi connectivity index (χ0n) is 13.7. The van der Waals surface area contributed by atoms with Crippen LogP contribution >= 0.6 is 11.6 Å². The van der Waals surface area contributed by atoms with Gasteiger partial charge in [-0.25, -0.2) is 13.4 Å². The Morgan fingerprint density at radius 1 is 1.36 bits per heavy atom. The van der Waals surface area contributed by atoms with Gasteiger partial charge < -0.3 is 5.32 Å². The van der Waals surface area contributed by atoms with Gasteiger partial charge in [-0.1, -0.05) is 17.7 Å². The van der Waals surface area contributed by atoms with Crippen LogP contribution in [0.3, 0.4) is 0 Å². The Hall–Kier alpha value is -1.93. The maximum Gasteiger partial charge on any atom is 0.271 e. The van der Waals surface area contributed by atoms with Gasteiger partial charge in [0.15, 0.2) is 9.84 Å². The summed E-state index contributed by atoms with van der Waals surface area (Å²) >= 11 is 5.95. The maximum atomic E-state index is 12.5. The van der Waals surface area contributed by atoms with E-state index in [2.05, 4.69) is 10.4 Å². The average molecular weight is 384 g/mol. The summed E-state index contributed by atoms with van der Waals surface area (Å²) in [6, 6.07) is 4.67. The molecule has 2 amide bonds. The highest BCUT2D eigenvalue weighted by molar-refractivity contribution is 7.91. The van der Waals surface area contributed by atoms with Gasteiger partial charge in [0.05, 0.1) is 17.5 Å². The highest BCUT2D eigenvalue weighted by Crippen LogP contribution is 2.24. The van der Waals surface area contributed by atoms with Crippen molar-refractivity contribution in [1.29, 1.82) is 0 Å². The highest BCUT2D eigenvalue weighted by Gasteiger charge is 2.37. The summed E-state index contributed by atoms with van der Waals surface area (Å²) in [5.74, 6) is -0.730. The number of hydrogen-bond acceptors (Lipinski definition) is 5. The second-order valence-electron chi connectivity index (χ2n) is 6.26. The Morgan fingerprint density at radius 3 is 2.80 bits per heavy atom. The van der Waals surface area contributed by atoms with E-state index in [1.54, 1.807) is 18.2 Å². The highest BCUT2D eigenvalue weighted by atomic mass is 35.5. The number of carbonyl (C=O) groups excluding carboxylic acids is 2. The number of sulfone groups is 1. The number of rotatable bonds is 3. The molecule has 2 aliphatic heterocycles. The lowest BCUT2D eigenvalue weighted by Crippen LogP contribution is -2.42. The quantitative estimate of drug-likeness (QED) is 0.860. The minimum atomic E-state index is -3.14. The van der Waals surface area contributed by atoms with Gasteiger partial charge in [0.25, 0.3) is 5.91 Å². The monoisotopic (exact) mass is 383 g/mol. The second kappa shape index (κ2) is 6.76. The third-order valence-electron chi connectivity index (χ3n) is 4.32. The molecule has 134 valence electrons. The number of carbonyl (C=O) groups is 2. The number of benzene rings is 1. The fourth-order valence-corrected chi connectivity index (χ4v) is 4.78. The largest absolute Gasteiger partial charge is 0.321 e. The molecule has 0 aliphatic carbocycles. The molecule has 25 heavy (non-hydrogen) atoms. The van der Waals surface area contributed by atoms with Crippen LogP contribution in [-0.4, -0.2) is 48.5 Å². The van der Waals surface area contributed by atoms with Crippen LogP contribution in [0.5, 0.6) is 0 Å². The van der Waals surface area contributed by atoms with Crippen LogP contribution in [0.15, 0.2) is 23.3 Å². The number of nitrogens with zero attached hydrogens (tertiary/aromatic N) is 2. The second-order valence-corrected chi connectivity index (χ2v) is 8.92. The molecule has 1 aromatic rings. The van der Waals surface area contributed by atoms with Crippen molar-refractivity contribution < 1.29 is 18.0 Å². The van der Waals surface area contributed by atoms with Gasteiger partial charge in [0, 0.05) is 23.6 Å². The summed E-state index contributed by atoms with van der Waals surface area (Å²) in [6.45, 7) is 1.84. The summed E-state index contributed by atoms with van der Waals surface area (Å²) in [6.07, 6.45) is 0.706. The van der Waals surface area contributed by atoms with Crippen LogP contribution in [0.4, 0.5) is 5.69 Å². The molecule has 1 atom stereocenters. The van der Waals surface area contributed by atoms with Crippen LogP contribution in [0.1, 0.15) is 24.8 Å². The minimum absolute atomic E-state index is 0.0419. The molecule has 0 aromatic heterocycles. The molecule has 0 unspecified atom stereocenters. The Bertz CT molecular complexity index is 866. The van der Waals surface area contributed by atoms with E-state index in [1.165, 1.54) is 5.01 Å². The van der Waals surface area contributed by atoms with Gasteiger partial charge in [0.2, 0.25) is 5.91 Å². The van der Waals surface area contributed by atoms with E-state index < -0.39 is 21.8 Å². The predicted octanol–water partition coefficient (Wildman–Crippen LogP) is 1.75. The number of hydrazone groups is 1. The predicted molar refractivity (Wildman–Crippen MR) is 95.4 cm³/mol. The standard InChI is InChI=1S/C16H18ClN3O4S/c1-10-2-3-11(17)8-14(10)18-16(22)13-4-5-15(21)20(19-13)12-6-7-25(23,24)9-12/h2-3,8,12H,4-7,9H2,1H3,(H,18,22)/t12-/m1/s1. The van der Waals surface area contributed by atoms with Crippen LogP contribution in [-0.2, 0) is 19.4 Å². The van der Waals surface area contributed by atoms with Crippen molar-refractivity contribution in [3.05, 3.63) is 28.8 Å². The molecule has 0 bridgehead atoms. The number of nitrogens with one attached hydrogen (secondary N) is 1. The lowest BCUT2D eigenvalue weighted by molar-refractivity contribution is -0.133. The Kier molecular flexibility index (Phi) is 4.83. The molecule has 0 radical (unpaired) electrons. The van der Waals surface area contributed by atoms with E-state index in [0.717, 1.165) is 5.56 Å². The third kappa shape index (κ3) is 4.01. The molecule has 1 fully saturated rings. The molecule has 0 saturated carbocycles. The van der Waals surface area contributed by atoms with Crippen molar-refractivity contribution in [3.8, 4) is 0 Å². The van der Waals surface area contributed by atoms with Crippen molar-refractivity contribution in [1.82, 2.24) is 5.01 Å². The lowest BCUT2D eigenvalue weighted by Gasteiger charge is -2.27. The van der Waals surface area contributed by atoms with Crippen LogP contribution < -0.4 is 5.32 Å². The van der Waals surface area contributed by atoms with Crippen molar-refractivity contribution in [3.63, 3.8) is 0 Å². The molecule has 7 nitrogen and oxygen atoms in total. The van der Waals surface area contributed by atoms with E-state index in [0.29, 0.717) is 17.1 Å². The Morgan fingerprint density at radius 2 is 2.12 bits per heavy atom. The molecule has 3 rings (SSSR count).